The zero-order valence-corrected chi connectivity index (χ0v) is 18.2. The third-order valence-corrected chi connectivity index (χ3v) is 8.43. The maximum absolute atomic E-state index is 12.0. The van der Waals surface area contributed by atoms with Crippen molar-refractivity contribution < 1.29 is 14.3 Å². The lowest BCUT2D eigenvalue weighted by Gasteiger charge is -2.49. The Morgan fingerprint density at radius 1 is 1.00 bits per heavy atom. The molecule has 1 fully saturated rings. The number of carbonyl (C=O) groups is 1. The minimum Gasteiger partial charge on any atom is -0.486 e. The first-order valence-electron chi connectivity index (χ1n) is 11.8. The average molecular weight is 415 g/mol. The molecular formula is C28H30O3. The van der Waals surface area contributed by atoms with Crippen LogP contribution in [0, 0.1) is 17.3 Å². The van der Waals surface area contributed by atoms with Crippen molar-refractivity contribution in [2.75, 3.05) is 13.2 Å². The maximum atomic E-state index is 12.0. The maximum Gasteiger partial charge on any atom is 0.161 e. The van der Waals surface area contributed by atoms with E-state index in [1.165, 1.54) is 22.3 Å². The fraction of sp³-hybridized carbons (Fsp3) is 0.464. The molecule has 0 aromatic heterocycles. The van der Waals surface area contributed by atoms with Crippen LogP contribution in [-0.2, 0) is 11.2 Å². The number of allylic oxidation sites excluding steroid dienone is 2. The SMILES string of the molecule is CC(=O)C1CCC2(CC1)Cc1ccccc1[C@@H]1CC(c3ccc4c(c3)OCCO4)=CC12. The molecular weight excluding hydrogens is 384 g/mol. The predicted molar refractivity (Wildman–Crippen MR) is 121 cm³/mol. The second-order valence-electron chi connectivity index (χ2n) is 10.0. The lowest BCUT2D eigenvalue weighted by molar-refractivity contribution is -0.122. The Morgan fingerprint density at radius 3 is 2.58 bits per heavy atom. The van der Waals surface area contributed by atoms with Gasteiger partial charge in [-0.2, -0.15) is 0 Å². The summed E-state index contributed by atoms with van der Waals surface area (Å²) in [5, 5.41) is 0. The molecule has 0 radical (unpaired) electrons. The molecule has 3 nitrogen and oxygen atoms in total. The molecule has 2 aromatic carbocycles. The molecule has 1 saturated carbocycles. The second kappa shape index (κ2) is 7.25. The molecule has 1 unspecified atom stereocenters. The average Bonchev–Trinajstić information content (AvgIpc) is 3.26. The summed E-state index contributed by atoms with van der Waals surface area (Å²) in [4.78, 5) is 12.0. The van der Waals surface area contributed by atoms with E-state index >= 15 is 0 Å². The quantitative estimate of drug-likeness (QED) is 0.608. The molecule has 0 saturated heterocycles. The van der Waals surface area contributed by atoms with Crippen molar-refractivity contribution >= 4 is 11.4 Å². The summed E-state index contributed by atoms with van der Waals surface area (Å²) < 4.78 is 11.6. The Hall–Kier alpha value is -2.55. The van der Waals surface area contributed by atoms with E-state index in [4.69, 9.17) is 9.47 Å². The fourth-order valence-corrected chi connectivity index (χ4v) is 6.79. The normalized spacial score (nSPS) is 31.0. The van der Waals surface area contributed by atoms with Crippen LogP contribution < -0.4 is 9.47 Å². The van der Waals surface area contributed by atoms with E-state index in [0.717, 1.165) is 50.0 Å². The van der Waals surface area contributed by atoms with Gasteiger partial charge in [-0.25, -0.2) is 0 Å². The van der Waals surface area contributed by atoms with E-state index in [1.54, 1.807) is 6.92 Å². The molecule has 4 aliphatic rings. The second-order valence-corrected chi connectivity index (χ2v) is 10.0. The zero-order valence-electron chi connectivity index (χ0n) is 18.2. The van der Waals surface area contributed by atoms with Gasteiger partial charge in [-0.1, -0.05) is 36.4 Å². The molecule has 3 heteroatoms. The predicted octanol–water partition coefficient (Wildman–Crippen LogP) is 5.97. The lowest BCUT2D eigenvalue weighted by Crippen LogP contribution is -2.42. The van der Waals surface area contributed by atoms with Crippen molar-refractivity contribution in [3.8, 4) is 11.5 Å². The van der Waals surface area contributed by atoms with Crippen LogP contribution in [0.25, 0.3) is 5.57 Å². The highest BCUT2D eigenvalue weighted by Gasteiger charge is 2.50. The van der Waals surface area contributed by atoms with Crippen molar-refractivity contribution in [2.45, 2.75) is 51.4 Å². The molecule has 1 aliphatic heterocycles. The van der Waals surface area contributed by atoms with Gasteiger partial charge in [0.2, 0.25) is 0 Å². The molecule has 1 heterocycles. The van der Waals surface area contributed by atoms with Gasteiger partial charge >= 0.3 is 0 Å². The molecule has 3 aliphatic carbocycles. The first-order chi connectivity index (χ1) is 15.1. The lowest BCUT2D eigenvalue weighted by atomic mass is 9.54. The van der Waals surface area contributed by atoms with Crippen LogP contribution in [-0.4, -0.2) is 19.0 Å². The van der Waals surface area contributed by atoms with E-state index in [-0.39, 0.29) is 5.92 Å². The highest BCUT2D eigenvalue weighted by molar-refractivity contribution is 5.78. The van der Waals surface area contributed by atoms with Gasteiger partial charge in [-0.15, -0.1) is 0 Å². The molecule has 6 rings (SSSR count). The van der Waals surface area contributed by atoms with Crippen LogP contribution in [0.1, 0.15) is 61.6 Å². The third kappa shape index (κ3) is 3.12. The first kappa shape index (κ1) is 19.2. The zero-order chi connectivity index (χ0) is 21.0. The van der Waals surface area contributed by atoms with Crippen LogP contribution in [0.2, 0.25) is 0 Å². The summed E-state index contributed by atoms with van der Waals surface area (Å²) in [6, 6.07) is 15.5. The van der Waals surface area contributed by atoms with Crippen LogP contribution in [0.4, 0.5) is 0 Å². The Kier molecular flexibility index (Phi) is 4.48. The molecule has 0 bridgehead atoms. The number of ketones is 1. The van der Waals surface area contributed by atoms with Crippen LogP contribution >= 0.6 is 0 Å². The molecule has 31 heavy (non-hydrogen) atoms. The monoisotopic (exact) mass is 414 g/mol. The van der Waals surface area contributed by atoms with Crippen LogP contribution in [0.15, 0.2) is 48.5 Å². The number of benzene rings is 2. The summed E-state index contributed by atoms with van der Waals surface area (Å²) in [6.45, 7) is 3.02. The van der Waals surface area contributed by atoms with Crippen LogP contribution in [0.3, 0.4) is 0 Å². The standard InChI is InChI=1S/C28H30O3/c1-18(29)19-8-10-28(11-9-19)17-21-4-2-3-5-23(21)24-14-22(15-25(24)28)20-6-7-26-27(16-20)31-13-12-30-26/h2-7,15-16,19,24-25H,8-14,17H2,1H3/t19?,24-,25?,28?/m0/s1. The summed E-state index contributed by atoms with van der Waals surface area (Å²) >= 11 is 0. The summed E-state index contributed by atoms with van der Waals surface area (Å²) in [5.74, 6) is 3.47. The van der Waals surface area contributed by atoms with Crippen molar-refractivity contribution in [3.63, 3.8) is 0 Å². The number of Topliss-reactive ketones (excluding diaryl/α,β-unsaturated/α-hetero) is 1. The Balaban J connectivity index is 1.38. The highest BCUT2D eigenvalue weighted by Crippen LogP contribution is 2.60. The minimum atomic E-state index is 0.267. The molecule has 160 valence electrons. The van der Waals surface area contributed by atoms with E-state index in [1.807, 2.05) is 0 Å². The summed E-state index contributed by atoms with van der Waals surface area (Å²) in [6.07, 6.45) is 9.25. The number of fused-ring (bicyclic) bond motifs is 5. The van der Waals surface area contributed by atoms with Crippen molar-refractivity contribution in [1.82, 2.24) is 0 Å². The largest absolute Gasteiger partial charge is 0.486 e. The van der Waals surface area contributed by atoms with Gasteiger partial charge in [-0.05, 0) is 97.1 Å². The number of hydrogen-bond acceptors (Lipinski definition) is 3. The fourth-order valence-electron chi connectivity index (χ4n) is 6.79. The molecule has 2 atom stereocenters. The van der Waals surface area contributed by atoms with Gasteiger partial charge < -0.3 is 9.47 Å². The van der Waals surface area contributed by atoms with Crippen LogP contribution in [0.5, 0.6) is 11.5 Å². The molecule has 2 aromatic rings. The van der Waals surface area contributed by atoms with E-state index in [9.17, 15) is 4.79 Å². The smallest absolute Gasteiger partial charge is 0.161 e. The summed E-state index contributed by atoms with van der Waals surface area (Å²) in [5.41, 5.74) is 6.07. The topological polar surface area (TPSA) is 35.5 Å². The molecule has 0 amide bonds. The van der Waals surface area contributed by atoms with Gasteiger partial charge in [0, 0.05) is 5.92 Å². The molecule has 0 N–H and O–H groups in total. The van der Waals surface area contributed by atoms with Gasteiger partial charge in [0.05, 0.1) is 0 Å². The van der Waals surface area contributed by atoms with Gasteiger partial charge in [0.1, 0.15) is 19.0 Å². The van der Waals surface area contributed by atoms with Gasteiger partial charge in [0.25, 0.3) is 0 Å². The Morgan fingerprint density at radius 2 is 1.77 bits per heavy atom. The first-order valence-corrected chi connectivity index (χ1v) is 11.8. The van der Waals surface area contributed by atoms with E-state index < -0.39 is 0 Å². The van der Waals surface area contributed by atoms with Crippen molar-refractivity contribution in [2.24, 2.45) is 17.3 Å². The van der Waals surface area contributed by atoms with Crippen molar-refractivity contribution in [1.29, 1.82) is 0 Å². The highest BCUT2D eigenvalue weighted by atomic mass is 16.6. The number of hydrogen-bond donors (Lipinski definition) is 0. The number of ether oxygens (including phenoxy) is 2. The molecule has 1 spiro atoms. The van der Waals surface area contributed by atoms with Gasteiger partial charge in [-0.3, -0.25) is 4.79 Å². The minimum absolute atomic E-state index is 0.267. The van der Waals surface area contributed by atoms with E-state index in [2.05, 4.69) is 48.5 Å². The van der Waals surface area contributed by atoms with Crippen molar-refractivity contribution in [3.05, 3.63) is 65.2 Å². The van der Waals surface area contributed by atoms with Gasteiger partial charge in [0.15, 0.2) is 11.5 Å². The number of carbonyl (C=O) groups excluding carboxylic acids is 1. The summed E-state index contributed by atoms with van der Waals surface area (Å²) in [7, 11) is 0. The Bertz CT molecular complexity index is 1060. The number of rotatable bonds is 2. The third-order valence-electron chi connectivity index (χ3n) is 8.43. The Labute approximate surface area is 184 Å². The van der Waals surface area contributed by atoms with E-state index in [0.29, 0.717) is 36.2 Å².